The predicted molar refractivity (Wildman–Crippen MR) is 186 cm³/mol. The summed E-state index contributed by atoms with van der Waals surface area (Å²) < 4.78 is 11.1. The van der Waals surface area contributed by atoms with E-state index in [0.29, 0.717) is 12.0 Å². The number of rotatable bonds is 15. The third-order valence-electron chi connectivity index (χ3n) is 7.30. The molecule has 2 rings (SSSR count). The largest absolute Gasteiger partial charge is 0.458 e. The number of benzene rings is 2. The molecule has 0 aliphatic carbocycles. The van der Waals surface area contributed by atoms with Gasteiger partial charge in [-0.05, 0) is 79.9 Å². The molecule has 3 unspecified atom stereocenters. The summed E-state index contributed by atoms with van der Waals surface area (Å²) in [5, 5.41) is 5.62. The van der Waals surface area contributed by atoms with Crippen molar-refractivity contribution in [1.29, 1.82) is 0 Å². The van der Waals surface area contributed by atoms with Gasteiger partial charge in [0.1, 0.15) is 29.3 Å². The Bertz CT molecular complexity index is 1310. The summed E-state index contributed by atoms with van der Waals surface area (Å²) in [6.07, 6.45) is 4.18. The van der Waals surface area contributed by atoms with Crippen LogP contribution in [0.15, 0.2) is 48.5 Å². The number of amides is 3. The number of carbonyl (C=O) groups is 4. The number of ether oxygens (including phenoxy) is 2. The molecule has 2 N–H and O–H groups in total. The van der Waals surface area contributed by atoms with E-state index in [1.165, 1.54) is 4.90 Å². The van der Waals surface area contributed by atoms with Crippen LogP contribution in [0.4, 0.5) is 4.79 Å². The van der Waals surface area contributed by atoms with Crippen molar-refractivity contribution in [3.05, 3.63) is 70.8 Å². The Morgan fingerprint density at radius 2 is 1.36 bits per heavy atom. The van der Waals surface area contributed by atoms with Crippen LogP contribution in [0.3, 0.4) is 0 Å². The van der Waals surface area contributed by atoms with Crippen LogP contribution < -0.4 is 10.6 Å². The van der Waals surface area contributed by atoms with E-state index in [1.807, 2.05) is 62.4 Å². The summed E-state index contributed by atoms with van der Waals surface area (Å²) in [6.45, 7) is 18.5. The van der Waals surface area contributed by atoms with Crippen LogP contribution in [-0.4, -0.2) is 58.6 Å². The van der Waals surface area contributed by atoms with Crippen molar-refractivity contribution < 1.29 is 28.7 Å². The summed E-state index contributed by atoms with van der Waals surface area (Å²) in [7, 11) is 0. The standard InChI is InChI=1S/C38H57N3O6/c1-11-12-13-14-18-21-41(34(43)28(4)39-36(45)47-38(8,9)10)32(30-23-26(2)22-27(3)24-30)33(42)40-31(35(44)46-37(5,6)7)25-29-19-16-15-17-20-29/h15-17,19-20,22-24,28,31-32H,11-14,18,21,25H2,1-10H3,(H,39,45)(H,40,42). The lowest BCUT2D eigenvalue weighted by molar-refractivity contribution is -0.159. The summed E-state index contributed by atoms with van der Waals surface area (Å²) >= 11 is 0. The second-order valence-electron chi connectivity index (χ2n) is 14.4. The summed E-state index contributed by atoms with van der Waals surface area (Å²) in [4.78, 5) is 56.5. The highest BCUT2D eigenvalue weighted by molar-refractivity contribution is 5.94. The Morgan fingerprint density at radius 3 is 1.91 bits per heavy atom. The van der Waals surface area contributed by atoms with Crippen LogP contribution in [0.1, 0.15) is 116 Å². The molecule has 2 aromatic rings. The SMILES string of the molecule is CCCCCCCN(C(=O)C(C)NC(=O)OC(C)(C)C)C(C(=O)NC(Cc1ccccc1)C(=O)OC(C)(C)C)c1cc(C)cc(C)c1. The number of unbranched alkanes of at least 4 members (excludes halogenated alkanes) is 4. The minimum Gasteiger partial charge on any atom is -0.458 e. The van der Waals surface area contributed by atoms with Gasteiger partial charge < -0.3 is 25.0 Å². The first kappa shape index (κ1) is 39.3. The number of alkyl carbamates (subject to hydrolysis) is 1. The molecular weight excluding hydrogens is 594 g/mol. The first-order valence-electron chi connectivity index (χ1n) is 16.9. The van der Waals surface area contributed by atoms with Crippen LogP contribution in [-0.2, 0) is 30.3 Å². The molecule has 0 spiro atoms. The van der Waals surface area contributed by atoms with E-state index in [-0.39, 0.29) is 13.0 Å². The van der Waals surface area contributed by atoms with Gasteiger partial charge in [-0.3, -0.25) is 9.59 Å². The maximum atomic E-state index is 14.5. The maximum absolute atomic E-state index is 14.5. The van der Waals surface area contributed by atoms with E-state index in [4.69, 9.17) is 9.47 Å². The lowest BCUT2D eigenvalue weighted by Crippen LogP contribution is -2.54. The minimum absolute atomic E-state index is 0.211. The number of nitrogens with zero attached hydrogens (tertiary/aromatic N) is 1. The Morgan fingerprint density at radius 1 is 0.787 bits per heavy atom. The second-order valence-corrected chi connectivity index (χ2v) is 14.4. The monoisotopic (exact) mass is 651 g/mol. The van der Waals surface area contributed by atoms with E-state index in [9.17, 15) is 19.2 Å². The topological polar surface area (TPSA) is 114 Å². The van der Waals surface area contributed by atoms with Gasteiger partial charge in [0.15, 0.2) is 0 Å². The van der Waals surface area contributed by atoms with Crippen molar-refractivity contribution in [3.8, 4) is 0 Å². The molecule has 2 aromatic carbocycles. The van der Waals surface area contributed by atoms with E-state index in [1.54, 1.807) is 48.5 Å². The number of esters is 1. The predicted octanol–water partition coefficient (Wildman–Crippen LogP) is 7.13. The second kappa shape index (κ2) is 17.9. The summed E-state index contributed by atoms with van der Waals surface area (Å²) in [5.41, 5.74) is 1.82. The molecule has 3 atom stereocenters. The fourth-order valence-electron chi connectivity index (χ4n) is 5.35. The third kappa shape index (κ3) is 14.2. The Kier molecular flexibility index (Phi) is 14.9. The van der Waals surface area contributed by atoms with Crippen LogP contribution in [0.2, 0.25) is 0 Å². The molecule has 0 saturated carbocycles. The van der Waals surface area contributed by atoms with Gasteiger partial charge >= 0.3 is 12.1 Å². The minimum atomic E-state index is -1.07. The smallest absolute Gasteiger partial charge is 0.408 e. The summed E-state index contributed by atoms with van der Waals surface area (Å²) in [6, 6.07) is 12.1. The molecular formula is C38H57N3O6. The molecule has 0 aliphatic rings. The molecule has 0 bridgehead atoms. The number of aryl methyl sites for hydroxylation is 2. The van der Waals surface area contributed by atoms with Gasteiger partial charge in [0.2, 0.25) is 11.8 Å². The average Bonchev–Trinajstić information content (AvgIpc) is 2.93. The van der Waals surface area contributed by atoms with Gasteiger partial charge in [0.05, 0.1) is 0 Å². The Balaban J connectivity index is 2.58. The molecule has 0 saturated heterocycles. The molecule has 9 nitrogen and oxygen atoms in total. The van der Waals surface area contributed by atoms with Crippen molar-refractivity contribution >= 4 is 23.9 Å². The molecule has 3 amide bonds. The van der Waals surface area contributed by atoms with Gasteiger partial charge in [-0.1, -0.05) is 92.3 Å². The van der Waals surface area contributed by atoms with Crippen molar-refractivity contribution in [2.24, 2.45) is 0 Å². The fraction of sp³-hybridized carbons (Fsp3) is 0.579. The number of hydrogen-bond acceptors (Lipinski definition) is 6. The molecule has 0 radical (unpaired) electrons. The van der Waals surface area contributed by atoms with Gasteiger partial charge in [-0.15, -0.1) is 0 Å². The third-order valence-corrected chi connectivity index (χ3v) is 7.30. The van der Waals surface area contributed by atoms with Crippen molar-refractivity contribution in [2.75, 3.05) is 6.54 Å². The van der Waals surface area contributed by atoms with Gasteiger partial charge in [0.25, 0.3) is 0 Å². The lowest BCUT2D eigenvalue weighted by Gasteiger charge is -2.35. The maximum Gasteiger partial charge on any atom is 0.408 e. The van der Waals surface area contributed by atoms with E-state index in [2.05, 4.69) is 17.6 Å². The molecule has 0 aliphatic heterocycles. The molecule has 0 fully saturated rings. The number of carbonyl (C=O) groups excluding carboxylic acids is 4. The van der Waals surface area contributed by atoms with E-state index >= 15 is 0 Å². The highest BCUT2D eigenvalue weighted by atomic mass is 16.6. The Labute approximate surface area is 282 Å². The molecule has 47 heavy (non-hydrogen) atoms. The average molecular weight is 652 g/mol. The fourth-order valence-corrected chi connectivity index (χ4v) is 5.35. The zero-order valence-electron chi connectivity index (χ0n) is 30.2. The molecule has 0 heterocycles. The summed E-state index contributed by atoms with van der Waals surface area (Å²) in [5.74, 6) is -1.50. The number of hydrogen-bond donors (Lipinski definition) is 2. The van der Waals surface area contributed by atoms with Crippen LogP contribution in [0, 0.1) is 13.8 Å². The van der Waals surface area contributed by atoms with Crippen molar-refractivity contribution in [2.45, 2.75) is 137 Å². The zero-order chi connectivity index (χ0) is 35.4. The first-order valence-corrected chi connectivity index (χ1v) is 16.9. The normalized spacial score (nSPS) is 13.6. The van der Waals surface area contributed by atoms with Crippen LogP contribution in [0.5, 0.6) is 0 Å². The van der Waals surface area contributed by atoms with E-state index < -0.39 is 53.2 Å². The number of nitrogens with one attached hydrogen (secondary N) is 2. The van der Waals surface area contributed by atoms with Gasteiger partial charge in [-0.2, -0.15) is 0 Å². The zero-order valence-corrected chi connectivity index (χ0v) is 30.2. The Hall–Kier alpha value is -3.88. The quantitative estimate of drug-likeness (QED) is 0.157. The molecule has 260 valence electrons. The van der Waals surface area contributed by atoms with Gasteiger partial charge in [-0.25, -0.2) is 9.59 Å². The van der Waals surface area contributed by atoms with Crippen LogP contribution in [0.25, 0.3) is 0 Å². The van der Waals surface area contributed by atoms with Crippen molar-refractivity contribution in [3.63, 3.8) is 0 Å². The lowest BCUT2D eigenvalue weighted by atomic mass is 9.97. The van der Waals surface area contributed by atoms with E-state index in [0.717, 1.165) is 42.4 Å². The first-order chi connectivity index (χ1) is 21.9. The van der Waals surface area contributed by atoms with Crippen molar-refractivity contribution in [1.82, 2.24) is 15.5 Å². The highest BCUT2D eigenvalue weighted by Crippen LogP contribution is 2.26. The van der Waals surface area contributed by atoms with Gasteiger partial charge in [0, 0.05) is 13.0 Å². The highest BCUT2D eigenvalue weighted by Gasteiger charge is 2.37. The van der Waals surface area contributed by atoms with Crippen LogP contribution >= 0.6 is 0 Å². The molecule has 9 heteroatoms. The molecule has 0 aromatic heterocycles.